The maximum atomic E-state index is 6.02. The summed E-state index contributed by atoms with van der Waals surface area (Å²) in [5, 5.41) is 7.85. The first-order valence-corrected chi connectivity index (χ1v) is 5.78. The van der Waals surface area contributed by atoms with Crippen LogP contribution in [0.15, 0.2) is 6.20 Å². The van der Waals surface area contributed by atoms with Gasteiger partial charge in [-0.3, -0.25) is 0 Å². The molecule has 84 valence electrons. The fraction of sp³-hybridized carbons (Fsp3) is 0.800. The van der Waals surface area contributed by atoms with Crippen molar-refractivity contribution < 1.29 is 4.74 Å². The van der Waals surface area contributed by atoms with Gasteiger partial charge < -0.3 is 4.74 Å². The zero-order chi connectivity index (χ0) is 10.8. The van der Waals surface area contributed by atoms with Crippen molar-refractivity contribution in [2.45, 2.75) is 50.8 Å². The van der Waals surface area contributed by atoms with Crippen LogP contribution in [0.4, 0.5) is 0 Å². The van der Waals surface area contributed by atoms with Gasteiger partial charge in [-0.25, -0.2) is 4.68 Å². The lowest BCUT2D eigenvalue weighted by Gasteiger charge is -2.13. The lowest BCUT2D eigenvalue weighted by molar-refractivity contribution is 0.0428. The molecule has 1 aliphatic rings. The molecule has 0 radical (unpaired) electrons. The van der Waals surface area contributed by atoms with Crippen LogP contribution in [0.1, 0.15) is 37.8 Å². The minimum absolute atomic E-state index is 0.0566. The molecule has 2 rings (SSSR count). The van der Waals surface area contributed by atoms with E-state index in [0.717, 1.165) is 25.1 Å². The first kappa shape index (κ1) is 10.9. The lowest BCUT2D eigenvalue weighted by atomic mass is 10.2. The van der Waals surface area contributed by atoms with E-state index in [1.54, 1.807) is 6.20 Å². The van der Waals surface area contributed by atoms with Crippen molar-refractivity contribution in [2.75, 3.05) is 0 Å². The Hall–Kier alpha value is -0.610. The first-order valence-electron chi connectivity index (χ1n) is 5.34. The number of hydrogen-bond donors (Lipinski definition) is 0. The van der Waals surface area contributed by atoms with Crippen LogP contribution < -0.4 is 0 Å². The van der Waals surface area contributed by atoms with Gasteiger partial charge in [-0.15, -0.1) is 16.7 Å². The topological polar surface area (TPSA) is 39.9 Å². The number of hydrogen-bond acceptors (Lipinski definition) is 3. The van der Waals surface area contributed by atoms with Crippen LogP contribution in [0.25, 0.3) is 0 Å². The molecule has 0 saturated carbocycles. The minimum atomic E-state index is -0.0566. The van der Waals surface area contributed by atoms with Crippen LogP contribution in [0.2, 0.25) is 0 Å². The fourth-order valence-corrected chi connectivity index (χ4v) is 2.10. The van der Waals surface area contributed by atoms with Crippen LogP contribution in [-0.2, 0) is 11.3 Å². The van der Waals surface area contributed by atoms with Crippen molar-refractivity contribution in [1.82, 2.24) is 15.0 Å². The minimum Gasteiger partial charge on any atom is -0.373 e. The summed E-state index contributed by atoms with van der Waals surface area (Å²) < 4.78 is 7.59. The quantitative estimate of drug-likeness (QED) is 0.746. The van der Waals surface area contributed by atoms with Gasteiger partial charge in [0, 0.05) is 0 Å². The zero-order valence-electron chi connectivity index (χ0n) is 9.06. The largest absolute Gasteiger partial charge is 0.373 e. The van der Waals surface area contributed by atoms with E-state index in [0.29, 0.717) is 6.10 Å². The average molecular weight is 230 g/mol. The predicted octanol–water partition coefficient (Wildman–Crippen LogP) is 2.15. The van der Waals surface area contributed by atoms with E-state index in [4.69, 9.17) is 16.3 Å². The first-order chi connectivity index (χ1) is 7.16. The summed E-state index contributed by atoms with van der Waals surface area (Å²) in [7, 11) is 0. The Kier molecular flexibility index (Phi) is 3.26. The van der Waals surface area contributed by atoms with Gasteiger partial charge in [0.25, 0.3) is 0 Å². The molecular formula is C10H16ClN3O. The van der Waals surface area contributed by atoms with E-state index in [1.165, 1.54) is 0 Å². The third-order valence-electron chi connectivity index (χ3n) is 2.75. The summed E-state index contributed by atoms with van der Waals surface area (Å²) in [6.07, 6.45) is 4.57. The third-order valence-corrected chi connectivity index (χ3v) is 2.98. The SMILES string of the molecule is CC1CCC(Cn2nncc2C(C)Cl)O1. The monoisotopic (exact) mass is 229 g/mol. The molecule has 0 spiro atoms. The van der Waals surface area contributed by atoms with E-state index >= 15 is 0 Å². The Balaban J connectivity index is 2.01. The summed E-state index contributed by atoms with van der Waals surface area (Å²) in [4.78, 5) is 0. The molecule has 3 atom stereocenters. The van der Waals surface area contributed by atoms with Crippen molar-refractivity contribution in [3.8, 4) is 0 Å². The zero-order valence-corrected chi connectivity index (χ0v) is 9.81. The molecule has 1 aromatic rings. The molecule has 1 fully saturated rings. The molecule has 0 N–H and O–H groups in total. The van der Waals surface area contributed by atoms with Crippen LogP contribution in [-0.4, -0.2) is 27.2 Å². The normalized spacial score (nSPS) is 28.2. The molecule has 5 heteroatoms. The van der Waals surface area contributed by atoms with Crippen LogP contribution in [0.3, 0.4) is 0 Å². The Bertz CT molecular complexity index is 326. The van der Waals surface area contributed by atoms with E-state index < -0.39 is 0 Å². The van der Waals surface area contributed by atoms with Crippen molar-refractivity contribution in [3.63, 3.8) is 0 Å². The lowest BCUT2D eigenvalue weighted by Crippen LogP contribution is -2.19. The molecule has 0 bridgehead atoms. The highest BCUT2D eigenvalue weighted by Gasteiger charge is 2.23. The number of aromatic nitrogens is 3. The van der Waals surface area contributed by atoms with Crippen molar-refractivity contribution in [2.24, 2.45) is 0 Å². The molecule has 1 saturated heterocycles. The number of halogens is 1. The van der Waals surface area contributed by atoms with Crippen LogP contribution in [0.5, 0.6) is 0 Å². The second-order valence-corrected chi connectivity index (χ2v) is 4.76. The molecular weight excluding hydrogens is 214 g/mol. The smallest absolute Gasteiger partial charge is 0.0776 e. The summed E-state index contributed by atoms with van der Waals surface area (Å²) in [5.74, 6) is 0. The Morgan fingerprint density at radius 3 is 3.07 bits per heavy atom. The number of nitrogens with zero attached hydrogens (tertiary/aromatic N) is 3. The molecule has 4 nitrogen and oxygen atoms in total. The van der Waals surface area contributed by atoms with E-state index in [1.807, 2.05) is 11.6 Å². The van der Waals surface area contributed by atoms with Crippen molar-refractivity contribution in [3.05, 3.63) is 11.9 Å². The van der Waals surface area contributed by atoms with Gasteiger partial charge in [0.15, 0.2) is 0 Å². The Labute approximate surface area is 94.6 Å². The second kappa shape index (κ2) is 4.49. The number of alkyl halides is 1. The predicted molar refractivity (Wildman–Crippen MR) is 57.9 cm³/mol. The van der Waals surface area contributed by atoms with Crippen LogP contribution >= 0.6 is 11.6 Å². The standard InChI is InChI=1S/C10H16ClN3O/c1-7-3-4-9(15-7)6-14-10(8(2)11)5-12-13-14/h5,7-9H,3-4,6H2,1-2H3. The molecule has 0 aliphatic carbocycles. The number of rotatable bonds is 3. The Morgan fingerprint density at radius 2 is 2.47 bits per heavy atom. The van der Waals surface area contributed by atoms with E-state index in [2.05, 4.69) is 17.2 Å². The van der Waals surface area contributed by atoms with Gasteiger partial charge >= 0.3 is 0 Å². The van der Waals surface area contributed by atoms with Gasteiger partial charge in [-0.1, -0.05) is 5.21 Å². The highest BCUT2D eigenvalue weighted by molar-refractivity contribution is 6.20. The highest BCUT2D eigenvalue weighted by Crippen LogP contribution is 2.23. The molecule has 0 aromatic carbocycles. The summed E-state index contributed by atoms with van der Waals surface area (Å²) in [5.41, 5.74) is 0.958. The van der Waals surface area contributed by atoms with Gasteiger partial charge in [0.1, 0.15) is 0 Å². The molecule has 0 amide bonds. The number of ether oxygens (including phenoxy) is 1. The molecule has 15 heavy (non-hydrogen) atoms. The van der Waals surface area contributed by atoms with Crippen molar-refractivity contribution in [1.29, 1.82) is 0 Å². The van der Waals surface area contributed by atoms with Gasteiger partial charge in [0.05, 0.1) is 36.0 Å². The van der Waals surface area contributed by atoms with E-state index in [-0.39, 0.29) is 11.5 Å². The molecule has 1 aliphatic heterocycles. The van der Waals surface area contributed by atoms with Gasteiger partial charge in [-0.05, 0) is 26.7 Å². The van der Waals surface area contributed by atoms with Crippen molar-refractivity contribution >= 4 is 11.6 Å². The van der Waals surface area contributed by atoms with Gasteiger partial charge in [-0.2, -0.15) is 0 Å². The maximum absolute atomic E-state index is 6.02. The Morgan fingerprint density at radius 1 is 1.67 bits per heavy atom. The summed E-state index contributed by atoms with van der Waals surface area (Å²) >= 11 is 6.02. The fourth-order valence-electron chi connectivity index (χ4n) is 1.93. The maximum Gasteiger partial charge on any atom is 0.0776 e. The van der Waals surface area contributed by atoms with Gasteiger partial charge in [0.2, 0.25) is 0 Å². The molecule has 3 unspecified atom stereocenters. The molecule has 1 aromatic heterocycles. The average Bonchev–Trinajstić information content (AvgIpc) is 2.75. The molecule has 2 heterocycles. The summed E-state index contributed by atoms with van der Waals surface area (Å²) in [6, 6.07) is 0. The summed E-state index contributed by atoms with van der Waals surface area (Å²) in [6.45, 7) is 4.79. The highest BCUT2D eigenvalue weighted by atomic mass is 35.5. The second-order valence-electron chi connectivity index (χ2n) is 4.10. The van der Waals surface area contributed by atoms with E-state index in [9.17, 15) is 0 Å². The van der Waals surface area contributed by atoms with Crippen LogP contribution in [0, 0.1) is 0 Å². The third kappa shape index (κ3) is 2.49.